The minimum atomic E-state index is -1.40. The molecule has 0 bridgehead atoms. The van der Waals surface area contributed by atoms with Crippen LogP contribution in [-0.2, 0) is 10.2 Å². The Bertz CT molecular complexity index is 1900. The number of para-hydroxylation sites is 2. The summed E-state index contributed by atoms with van der Waals surface area (Å²) < 4.78 is 11.1. The van der Waals surface area contributed by atoms with Gasteiger partial charge in [0.15, 0.2) is 23.1 Å². The lowest BCUT2D eigenvalue weighted by Gasteiger charge is -2.39. The Morgan fingerprint density at radius 2 is 1.60 bits per heavy atom. The topological polar surface area (TPSA) is 84.9 Å². The first kappa shape index (κ1) is 25.8. The highest BCUT2D eigenvalue weighted by Gasteiger charge is 2.70. The van der Waals surface area contributed by atoms with Crippen molar-refractivity contribution in [1.29, 1.82) is 0 Å². The van der Waals surface area contributed by atoms with Crippen LogP contribution in [0.3, 0.4) is 0 Å². The van der Waals surface area contributed by atoms with Gasteiger partial charge in [-0.05, 0) is 72.7 Å². The van der Waals surface area contributed by atoms with Crippen molar-refractivity contribution in [3.05, 3.63) is 124 Å². The summed E-state index contributed by atoms with van der Waals surface area (Å²) in [5, 5.41) is 3.56. The van der Waals surface area contributed by atoms with Gasteiger partial charge in [0.1, 0.15) is 11.5 Å². The lowest BCUT2D eigenvalue weighted by atomic mass is 9.64. The van der Waals surface area contributed by atoms with Crippen LogP contribution in [0.1, 0.15) is 38.8 Å². The van der Waals surface area contributed by atoms with Crippen molar-refractivity contribution in [2.45, 2.75) is 24.4 Å². The average molecular weight is 589 g/mol. The normalized spacial score (nSPS) is 24.2. The summed E-state index contributed by atoms with van der Waals surface area (Å²) in [6, 6.07) is 25.4. The van der Waals surface area contributed by atoms with Gasteiger partial charge in [-0.3, -0.25) is 14.4 Å². The molecule has 8 rings (SSSR count). The molecule has 0 radical (unpaired) electrons. The summed E-state index contributed by atoms with van der Waals surface area (Å²) in [5.74, 6) is -0.987. The summed E-state index contributed by atoms with van der Waals surface area (Å²) in [4.78, 5) is 46.3. The summed E-state index contributed by atoms with van der Waals surface area (Å²) in [6.45, 7) is 2.07. The van der Waals surface area contributed by atoms with Gasteiger partial charge in [0.05, 0.1) is 12.0 Å². The predicted octanol–water partition coefficient (Wildman–Crippen LogP) is 6.31. The maximum Gasteiger partial charge on any atom is 0.238 e. The monoisotopic (exact) mass is 588 g/mol. The van der Waals surface area contributed by atoms with Crippen LogP contribution in [-0.4, -0.2) is 36.4 Å². The van der Waals surface area contributed by atoms with E-state index in [0.29, 0.717) is 38.9 Å². The van der Waals surface area contributed by atoms with Gasteiger partial charge >= 0.3 is 0 Å². The molecule has 0 saturated carbocycles. The lowest BCUT2D eigenvalue weighted by Crippen LogP contribution is -2.51. The van der Waals surface area contributed by atoms with Gasteiger partial charge in [-0.2, -0.15) is 0 Å². The molecule has 4 heterocycles. The van der Waals surface area contributed by atoms with Crippen molar-refractivity contribution in [2.24, 2.45) is 5.92 Å². The third kappa shape index (κ3) is 3.52. The molecule has 0 unspecified atom stereocenters. The lowest BCUT2D eigenvalue weighted by molar-refractivity contribution is -0.121. The molecule has 212 valence electrons. The number of carbonyl (C=O) groups excluding carboxylic acids is 3. The number of carbonyl (C=O) groups is 3. The number of ether oxygens (including phenoxy) is 2. The molecule has 1 spiro atoms. The van der Waals surface area contributed by atoms with Crippen molar-refractivity contribution in [2.75, 3.05) is 17.0 Å². The first-order valence-corrected chi connectivity index (χ1v) is 14.5. The van der Waals surface area contributed by atoms with Gasteiger partial charge in [-0.15, -0.1) is 0 Å². The highest BCUT2D eigenvalue weighted by molar-refractivity contribution is 6.30. The van der Waals surface area contributed by atoms with Crippen molar-refractivity contribution in [3.8, 4) is 11.5 Å². The van der Waals surface area contributed by atoms with E-state index in [2.05, 4.69) is 5.32 Å². The van der Waals surface area contributed by atoms with Gasteiger partial charge in [-0.1, -0.05) is 54.1 Å². The Labute approximate surface area is 252 Å². The predicted molar refractivity (Wildman–Crippen MR) is 163 cm³/mol. The third-order valence-electron chi connectivity index (χ3n) is 9.22. The molecule has 1 N–H and O–H groups in total. The Morgan fingerprint density at radius 1 is 0.884 bits per heavy atom. The van der Waals surface area contributed by atoms with E-state index in [-0.39, 0.29) is 24.3 Å². The maximum absolute atomic E-state index is 15.0. The number of Topliss-reactive ketones (excluding diaryl/α,β-unsaturated/α-hetero) is 2. The van der Waals surface area contributed by atoms with Crippen LogP contribution in [0.5, 0.6) is 11.5 Å². The second-order valence-electron chi connectivity index (χ2n) is 11.3. The molecular weight excluding hydrogens is 564 g/mol. The number of nitrogens with zero attached hydrogens (tertiary/aromatic N) is 1. The zero-order chi connectivity index (χ0) is 29.5. The van der Waals surface area contributed by atoms with E-state index in [4.69, 9.17) is 21.1 Å². The average Bonchev–Trinajstić information content (AvgIpc) is 3.70. The molecule has 8 heteroatoms. The number of amides is 1. The van der Waals surface area contributed by atoms with Crippen LogP contribution in [0, 0.1) is 5.92 Å². The Hall–Kier alpha value is -4.88. The highest BCUT2D eigenvalue weighted by atomic mass is 35.5. The maximum atomic E-state index is 15.0. The molecule has 1 fully saturated rings. The zero-order valence-corrected chi connectivity index (χ0v) is 23.8. The Kier molecular flexibility index (Phi) is 5.59. The number of nitrogens with one attached hydrogen (secondary N) is 1. The number of allylic oxidation sites excluding steroid dienone is 1. The van der Waals surface area contributed by atoms with E-state index in [1.165, 1.54) is 0 Å². The molecular formula is C35H25ClN2O5. The van der Waals surface area contributed by atoms with E-state index in [0.717, 1.165) is 16.8 Å². The largest absolute Gasteiger partial charge is 0.454 e. The zero-order valence-electron chi connectivity index (χ0n) is 23.0. The molecule has 0 aliphatic carbocycles. The number of halogens is 1. The highest BCUT2D eigenvalue weighted by Crippen LogP contribution is 2.59. The number of hydrogen-bond donors (Lipinski definition) is 1. The summed E-state index contributed by atoms with van der Waals surface area (Å²) in [7, 11) is 0. The standard InChI is InChI=1S/C35H25ClN2O5/c1-19-16-29-35(24-7-3-4-8-25(24)37-34(35)41)30(32(39)21-12-15-27-28(17-21)43-18-42-27)31(33(40)20-10-13-22(36)14-11-20)38(29)26-9-5-2-6-23(19)26/h2-17,29-31H,18H2,1H3,(H,37,41)/t29-,30-,31-,35+/m0/s1. The number of ketones is 2. The fourth-order valence-electron chi connectivity index (χ4n) is 7.40. The van der Waals surface area contributed by atoms with Crippen LogP contribution in [0.25, 0.3) is 5.57 Å². The van der Waals surface area contributed by atoms with E-state index < -0.39 is 23.4 Å². The summed E-state index contributed by atoms with van der Waals surface area (Å²) >= 11 is 6.19. The molecule has 1 amide bonds. The van der Waals surface area contributed by atoms with E-state index in [1.54, 1.807) is 42.5 Å². The molecule has 4 atom stereocenters. The molecule has 4 aromatic rings. The van der Waals surface area contributed by atoms with Crippen molar-refractivity contribution in [3.63, 3.8) is 0 Å². The second-order valence-corrected chi connectivity index (χ2v) is 11.8. The minimum Gasteiger partial charge on any atom is -0.454 e. The fourth-order valence-corrected chi connectivity index (χ4v) is 7.53. The van der Waals surface area contributed by atoms with Gasteiger partial charge in [0.2, 0.25) is 12.7 Å². The Balaban J connectivity index is 1.42. The van der Waals surface area contributed by atoms with Crippen molar-refractivity contribution in [1.82, 2.24) is 0 Å². The summed E-state index contributed by atoms with van der Waals surface area (Å²) in [5.41, 5.74) is 3.42. The molecule has 4 aliphatic heterocycles. The van der Waals surface area contributed by atoms with Crippen molar-refractivity contribution >= 4 is 46.0 Å². The fraction of sp³-hybridized carbons (Fsp3) is 0.171. The van der Waals surface area contributed by atoms with E-state index >= 15 is 4.79 Å². The second kappa shape index (κ2) is 9.31. The van der Waals surface area contributed by atoms with Gasteiger partial charge < -0.3 is 19.7 Å². The quantitative estimate of drug-likeness (QED) is 0.281. The molecule has 4 aromatic carbocycles. The van der Waals surface area contributed by atoms with Gasteiger partial charge in [0.25, 0.3) is 0 Å². The van der Waals surface area contributed by atoms with Crippen LogP contribution in [0.15, 0.2) is 97.1 Å². The minimum absolute atomic E-state index is 0.0600. The van der Waals surface area contributed by atoms with Crippen LogP contribution in [0.4, 0.5) is 11.4 Å². The number of benzene rings is 4. The Morgan fingerprint density at radius 3 is 2.44 bits per heavy atom. The number of fused-ring (bicyclic) bond motifs is 7. The molecule has 43 heavy (non-hydrogen) atoms. The van der Waals surface area contributed by atoms with E-state index in [9.17, 15) is 9.59 Å². The number of rotatable bonds is 4. The van der Waals surface area contributed by atoms with Gasteiger partial charge in [0, 0.05) is 33.1 Å². The number of hydrogen-bond acceptors (Lipinski definition) is 6. The van der Waals surface area contributed by atoms with Crippen LogP contribution >= 0.6 is 11.6 Å². The molecule has 0 aromatic heterocycles. The first-order valence-electron chi connectivity index (χ1n) is 14.1. The summed E-state index contributed by atoms with van der Waals surface area (Å²) in [6.07, 6.45) is 2.04. The van der Waals surface area contributed by atoms with E-state index in [1.807, 2.05) is 66.4 Å². The number of anilines is 2. The molecule has 1 saturated heterocycles. The van der Waals surface area contributed by atoms with Crippen LogP contribution in [0.2, 0.25) is 5.02 Å². The molecule has 7 nitrogen and oxygen atoms in total. The smallest absolute Gasteiger partial charge is 0.238 e. The first-order chi connectivity index (χ1) is 20.9. The van der Waals surface area contributed by atoms with Gasteiger partial charge in [-0.25, -0.2) is 0 Å². The molecule has 4 aliphatic rings. The SMILES string of the molecule is CC1=C[C@@H]2N(c3ccccc31)[C@H](C(=O)c1ccc(Cl)cc1)[C@@H](C(=O)c1ccc3c(c1)OCO3)[C@]21C(=O)Nc2ccccc21. The van der Waals surface area contributed by atoms with Crippen LogP contribution < -0.4 is 19.7 Å². The third-order valence-corrected chi connectivity index (χ3v) is 9.47. The van der Waals surface area contributed by atoms with Crippen molar-refractivity contribution < 1.29 is 23.9 Å².